The van der Waals surface area contributed by atoms with Gasteiger partial charge in [-0.15, -0.1) is 0 Å². The highest BCUT2D eigenvalue weighted by Crippen LogP contribution is 2.38. The number of nitrogens with zero attached hydrogens (tertiary/aromatic N) is 2. The van der Waals surface area contributed by atoms with Crippen LogP contribution < -0.4 is 0 Å². The van der Waals surface area contributed by atoms with Crippen LogP contribution in [0.5, 0.6) is 0 Å². The maximum Gasteiger partial charge on any atom is 0.221 e. The van der Waals surface area contributed by atoms with Crippen LogP contribution in [-0.4, -0.2) is 30.4 Å². The zero-order chi connectivity index (χ0) is 30.3. The molecule has 0 saturated heterocycles. The molecule has 0 unspecified atom stereocenters. The number of hydrogen-bond acceptors (Lipinski definition) is 4. The maximum absolute atomic E-state index is 11.8. The van der Waals surface area contributed by atoms with Crippen molar-refractivity contribution in [1.29, 1.82) is 0 Å². The number of rotatable bonds is 8. The van der Waals surface area contributed by atoms with E-state index in [1.54, 1.807) is 0 Å². The minimum absolute atomic E-state index is 0.211. The van der Waals surface area contributed by atoms with Crippen molar-refractivity contribution in [2.24, 2.45) is 0 Å². The predicted molar refractivity (Wildman–Crippen MR) is 174 cm³/mol. The lowest BCUT2D eigenvalue weighted by Gasteiger charge is -2.05. The lowest BCUT2D eigenvalue weighted by molar-refractivity contribution is -0.112. The molecule has 2 N–H and O–H groups in total. The van der Waals surface area contributed by atoms with Crippen LogP contribution in [-0.2, 0) is 22.4 Å². The summed E-state index contributed by atoms with van der Waals surface area (Å²) in [7, 11) is 0. The van der Waals surface area contributed by atoms with Crippen LogP contribution in [0.15, 0.2) is 24.3 Å². The molecule has 0 saturated carbocycles. The molecule has 0 amide bonds. The summed E-state index contributed by atoms with van der Waals surface area (Å²) in [5.41, 5.74) is 16.2. The van der Waals surface area contributed by atoms with Gasteiger partial charge in [0.2, 0.25) is 10.5 Å². The van der Waals surface area contributed by atoms with Crippen molar-refractivity contribution in [2.75, 3.05) is 0 Å². The van der Waals surface area contributed by atoms with Crippen molar-refractivity contribution in [3.8, 4) is 0 Å². The molecule has 5 rings (SSSR count). The monoisotopic (exact) mass is 602 g/mol. The second kappa shape index (κ2) is 12.0. The van der Waals surface area contributed by atoms with E-state index in [9.17, 15) is 9.59 Å². The molecule has 6 nitrogen and oxygen atoms in total. The molecule has 0 spiro atoms. The Bertz CT molecular complexity index is 1860. The van der Waals surface area contributed by atoms with Gasteiger partial charge in [-0.2, -0.15) is 0 Å². The molecule has 0 aromatic carbocycles. The summed E-state index contributed by atoms with van der Waals surface area (Å²) < 4.78 is 0. The molecule has 8 heteroatoms. The predicted octanol–water partition coefficient (Wildman–Crippen LogP) is 9.01. The van der Waals surface area contributed by atoms with Crippen LogP contribution in [0.1, 0.15) is 98.4 Å². The number of aromatic amines is 2. The first-order chi connectivity index (χ1) is 20.0. The van der Waals surface area contributed by atoms with E-state index in [4.69, 9.17) is 33.2 Å². The molecular formula is C34H36Cl2N4O2. The van der Waals surface area contributed by atoms with Crippen molar-refractivity contribution in [1.82, 2.24) is 19.9 Å². The Balaban J connectivity index is 1.92. The molecule has 0 atom stereocenters. The Morgan fingerprint density at radius 1 is 0.619 bits per heavy atom. The molecule has 218 valence electrons. The lowest BCUT2D eigenvalue weighted by Crippen LogP contribution is -1.92. The first-order valence-electron chi connectivity index (χ1n) is 14.5. The normalized spacial score (nSPS) is 13.3. The van der Waals surface area contributed by atoms with Crippen LogP contribution in [0.2, 0.25) is 0 Å². The Morgan fingerprint density at radius 3 is 1.45 bits per heavy atom. The topological polar surface area (TPSA) is 91.5 Å². The summed E-state index contributed by atoms with van der Waals surface area (Å²) >= 11 is 11.5. The highest BCUT2D eigenvalue weighted by molar-refractivity contribution is 6.63. The van der Waals surface area contributed by atoms with Gasteiger partial charge in [-0.1, -0.05) is 13.8 Å². The minimum atomic E-state index is -0.383. The molecule has 2 aliphatic rings. The number of aryl methyl sites for hydroxylation is 4. The van der Waals surface area contributed by atoms with Gasteiger partial charge >= 0.3 is 0 Å². The highest BCUT2D eigenvalue weighted by Gasteiger charge is 2.22. The van der Waals surface area contributed by atoms with E-state index in [2.05, 4.69) is 55.9 Å². The van der Waals surface area contributed by atoms with Crippen molar-refractivity contribution >= 4 is 78.0 Å². The van der Waals surface area contributed by atoms with Crippen LogP contribution in [0.4, 0.5) is 0 Å². The number of hydrogen-bond donors (Lipinski definition) is 2. The molecule has 3 aromatic heterocycles. The Hall–Kier alpha value is -3.48. The highest BCUT2D eigenvalue weighted by atomic mass is 35.5. The number of H-pyrrole nitrogens is 2. The number of carbonyl (C=O) groups is 2. The van der Waals surface area contributed by atoms with E-state index >= 15 is 0 Å². The zero-order valence-electron chi connectivity index (χ0n) is 25.0. The van der Waals surface area contributed by atoms with E-state index in [0.29, 0.717) is 12.8 Å². The van der Waals surface area contributed by atoms with Crippen molar-refractivity contribution in [3.63, 3.8) is 0 Å². The van der Waals surface area contributed by atoms with Gasteiger partial charge in [-0.25, -0.2) is 9.97 Å². The summed E-state index contributed by atoms with van der Waals surface area (Å²) in [5.74, 6) is 0. The number of halogens is 2. The van der Waals surface area contributed by atoms with Crippen LogP contribution in [0, 0.1) is 13.8 Å². The van der Waals surface area contributed by atoms with E-state index in [1.807, 2.05) is 19.9 Å². The number of carbonyl (C=O) groups excluding carboxylic acids is 2. The number of allylic oxidation sites excluding steroid dienone is 4. The van der Waals surface area contributed by atoms with Gasteiger partial charge in [0, 0.05) is 34.9 Å². The van der Waals surface area contributed by atoms with E-state index in [-0.39, 0.29) is 23.3 Å². The van der Waals surface area contributed by atoms with E-state index in [0.717, 1.165) is 80.0 Å². The van der Waals surface area contributed by atoms with Crippen LogP contribution in [0.25, 0.3) is 44.4 Å². The molecule has 8 bridgehead atoms. The number of nitrogens with one attached hydrogen (secondary N) is 2. The Kier molecular flexibility index (Phi) is 8.58. The number of aromatic nitrogens is 4. The minimum Gasteiger partial charge on any atom is -0.355 e. The Morgan fingerprint density at radius 2 is 1.02 bits per heavy atom. The molecule has 3 aromatic rings. The molecular weight excluding hydrogens is 567 g/mol. The van der Waals surface area contributed by atoms with Gasteiger partial charge in [0.1, 0.15) is 0 Å². The van der Waals surface area contributed by atoms with Gasteiger partial charge < -0.3 is 9.97 Å². The third-order valence-corrected chi connectivity index (χ3v) is 9.03. The SMILES string of the molecule is CCc1c(C)c2cc3[nH]c(cc4nc(cc5nc(cc1[nH]2)C(C)=C5CCC(=O)Cl)C(CCC(=O)Cl)=C4C)c(C)c3CC. The van der Waals surface area contributed by atoms with Crippen molar-refractivity contribution < 1.29 is 9.59 Å². The van der Waals surface area contributed by atoms with E-state index < -0.39 is 0 Å². The second-order valence-electron chi connectivity index (χ2n) is 11.1. The second-order valence-corrected chi connectivity index (χ2v) is 11.9. The summed E-state index contributed by atoms with van der Waals surface area (Å²) in [6.07, 6.45) is 3.14. The van der Waals surface area contributed by atoms with E-state index in [1.165, 1.54) is 22.3 Å². The molecule has 42 heavy (non-hydrogen) atoms. The third kappa shape index (κ3) is 5.62. The first kappa shape index (κ1) is 30.0. The van der Waals surface area contributed by atoms with Crippen LogP contribution in [0.3, 0.4) is 0 Å². The molecule has 0 aliphatic carbocycles. The summed E-state index contributed by atoms with van der Waals surface area (Å²) in [6.45, 7) is 12.7. The van der Waals surface area contributed by atoms with Gasteiger partial charge in [-0.3, -0.25) is 9.59 Å². The van der Waals surface area contributed by atoms with Crippen molar-refractivity contribution in [3.05, 3.63) is 69.3 Å². The fourth-order valence-corrected chi connectivity index (χ4v) is 6.39. The van der Waals surface area contributed by atoms with Crippen LogP contribution >= 0.6 is 23.2 Å². The standard InChI is InChI=1S/C34H36Cl2N4O2/c1-7-21-17(3)25-13-26-19(5)23(9-11-33(35)41)31(39-26)16-32-24(10-12-34(36)42)20(6)28(40-32)15-30-22(8-2)18(4)27(38-30)14-29(21)37-25/h13-16,37-38H,7-12H2,1-6H3. The summed E-state index contributed by atoms with van der Waals surface area (Å²) in [6, 6.07) is 8.39. The largest absolute Gasteiger partial charge is 0.355 e. The van der Waals surface area contributed by atoms with Crippen molar-refractivity contribution in [2.45, 2.75) is 80.1 Å². The summed E-state index contributed by atoms with van der Waals surface area (Å²) in [4.78, 5) is 41.0. The molecule has 0 fully saturated rings. The zero-order valence-corrected chi connectivity index (χ0v) is 26.5. The number of fused-ring (bicyclic) bond motifs is 8. The summed E-state index contributed by atoms with van der Waals surface area (Å²) in [5, 5.41) is -0.766. The lowest BCUT2D eigenvalue weighted by atomic mass is 9.98. The van der Waals surface area contributed by atoms with Gasteiger partial charge in [-0.05, 0) is 145 Å². The quantitative estimate of drug-likeness (QED) is 0.251. The smallest absolute Gasteiger partial charge is 0.221 e. The Labute approximate surface area is 256 Å². The molecule has 5 heterocycles. The maximum atomic E-state index is 11.8. The van der Waals surface area contributed by atoms with Gasteiger partial charge in [0.15, 0.2) is 0 Å². The molecule has 2 aliphatic heterocycles. The molecule has 0 radical (unpaired) electrons. The fourth-order valence-electron chi connectivity index (χ4n) is 6.20. The first-order valence-corrected chi connectivity index (χ1v) is 15.3. The fraction of sp³-hybridized carbons (Fsp3) is 0.353. The average Bonchev–Trinajstić information content (AvgIpc) is 3.59. The van der Waals surface area contributed by atoms with Gasteiger partial charge in [0.25, 0.3) is 0 Å². The third-order valence-electron chi connectivity index (χ3n) is 8.65. The van der Waals surface area contributed by atoms with Gasteiger partial charge in [0.05, 0.1) is 22.8 Å². The average molecular weight is 604 g/mol.